The molecule has 1 heterocycles. The Balaban J connectivity index is 2.13. The third-order valence-corrected chi connectivity index (χ3v) is 4.40. The minimum absolute atomic E-state index is 0.0368. The third kappa shape index (κ3) is 6.80. The van der Waals surface area contributed by atoms with Crippen molar-refractivity contribution >= 4 is 29.7 Å². The summed E-state index contributed by atoms with van der Waals surface area (Å²) in [7, 11) is 0. The first-order valence-corrected chi connectivity index (χ1v) is 9.89. The number of carbonyl (C=O) groups excluding carboxylic acids is 3. The molecule has 0 spiro atoms. The lowest BCUT2D eigenvalue weighted by atomic mass is 10.1. The van der Waals surface area contributed by atoms with Gasteiger partial charge >= 0.3 is 12.1 Å². The number of carbonyl (C=O) groups is 3. The highest BCUT2D eigenvalue weighted by Gasteiger charge is 2.38. The lowest BCUT2D eigenvalue weighted by Crippen LogP contribution is -2.60. The summed E-state index contributed by atoms with van der Waals surface area (Å²) in [6.45, 7) is 7.35. The van der Waals surface area contributed by atoms with Crippen LogP contribution in [0.5, 0.6) is 0 Å². The average molecular weight is 433 g/mol. The van der Waals surface area contributed by atoms with Gasteiger partial charge in [-0.2, -0.15) is 0 Å². The van der Waals surface area contributed by atoms with E-state index < -0.39 is 34.5 Å². The predicted octanol–water partition coefficient (Wildman–Crippen LogP) is 2.62. The summed E-state index contributed by atoms with van der Waals surface area (Å²) in [5.74, 6) is -1.03. The number of hydrogen-bond acceptors (Lipinski definition) is 7. The molecule has 2 amide bonds. The first kappa shape index (κ1) is 23.8. The van der Waals surface area contributed by atoms with E-state index in [4.69, 9.17) is 9.47 Å². The number of esters is 1. The van der Waals surface area contributed by atoms with Crippen molar-refractivity contribution in [1.82, 2.24) is 9.80 Å². The molecule has 31 heavy (non-hydrogen) atoms. The Labute approximate surface area is 180 Å². The van der Waals surface area contributed by atoms with Crippen LogP contribution < -0.4 is 0 Å². The number of benzene rings is 1. The summed E-state index contributed by atoms with van der Waals surface area (Å²) in [5, 5.41) is 10.7. The lowest BCUT2D eigenvalue weighted by molar-refractivity contribution is -0.384. The molecule has 0 radical (unpaired) electrons. The Kier molecular flexibility index (Phi) is 7.73. The maximum atomic E-state index is 12.8. The maximum absolute atomic E-state index is 12.8. The second kappa shape index (κ2) is 10.1. The number of ether oxygens (including phenoxy) is 2. The van der Waals surface area contributed by atoms with E-state index in [1.807, 2.05) is 0 Å². The van der Waals surface area contributed by atoms with E-state index in [0.29, 0.717) is 5.56 Å². The fourth-order valence-corrected chi connectivity index (χ4v) is 2.95. The number of rotatable bonds is 5. The van der Waals surface area contributed by atoms with Crippen molar-refractivity contribution in [3.63, 3.8) is 0 Å². The summed E-state index contributed by atoms with van der Waals surface area (Å²) in [6, 6.07) is 4.75. The SMILES string of the molecule is CCOC(=O)[C@@H]1CN(C(=O)OC(C)(C)C)CCN1C(=O)/C=C\c1ccc([N+](=O)[O-])cc1. The van der Waals surface area contributed by atoms with Crippen LogP contribution in [-0.2, 0) is 19.1 Å². The standard InChI is InChI=1S/C21H27N3O7/c1-5-30-19(26)17-14-22(20(27)31-21(2,3)4)12-13-23(17)18(25)11-8-15-6-9-16(10-7-15)24(28)29/h6-11,17H,5,12-14H2,1-4H3/b11-8-/t17-/m0/s1. The summed E-state index contributed by atoms with van der Waals surface area (Å²) in [5.41, 5.74) is -0.139. The zero-order chi connectivity index (χ0) is 23.2. The van der Waals surface area contributed by atoms with Gasteiger partial charge in [-0.25, -0.2) is 9.59 Å². The Hall–Kier alpha value is -3.43. The molecule has 10 heteroatoms. The molecule has 1 aliphatic heterocycles. The Bertz CT molecular complexity index is 859. The Morgan fingerprint density at radius 3 is 2.39 bits per heavy atom. The smallest absolute Gasteiger partial charge is 0.410 e. The summed E-state index contributed by atoms with van der Waals surface area (Å²) >= 11 is 0. The Morgan fingerprint density at radius 2 is 1.84 bits per heavy atom. The van der Waals surface area contributed by atoms with Crippen molar-refractivity contribution in [3.8, 4) is 0 Å². The fourth-order valence-electron chi connectivity index (χ4n) is 2.95. The van der Waals surface area contributed by atoms with Crippen molar-refractivity contribution in [2.24, 2.45) is 0 Å². The molecule has 0 aliphatic carbocycles. The van der Waals surface area contributed by atoms with Gasteiger partial charge in [-0.15, -0.1) is 0 Å². The third-order valence-electron chi connectivity index (χ3n) is 4.40. The van der Waals surface area contributed by atoms with Gasteiger partial charge in [-0.3, -0.25) is 14.9 Å². The molecule has 0 N–H and O–H groups in total. The van der Waals surface area contributed by atoms with Crippen LogP contribution in [0, 0.1) is 10.1 Å². The second-order valence-electron chi connectivity index (χ2n) is 7.91. The van der Waals surface area contributed by atoms with Gasteiger partial charge < -0.3 is 19.3 Å². The number of nitrogens with zero attached hydrogens (tertiary/aromatic N) is 3. The van der Waals surface area contributed by atoms with Gasteiger partial charge in [0.2, 0.25) is 5.91 Å². The molecule has 168 valence electrons. The van der Waals surface area contributed by atoms with E-state index in [0.717, 1.165) is 0 Å². The molecule has 0 bridgehead atoms. The summed E-state index contributed by atoms with van der Waals surface area (Å²) < 4.78 is 10.5. The molecule has 1 saturated heterocycles. The fraction of sp³-hybridized carbons (Fsp3) is 0.476. The van der Waals surface area contributed by atoms with Crippen molar-refractivity contribution < 1.29 is 28.8 Å². The lowest BCUT2D eigenvalue weighted by Gasteiger charge is -2.39. The predicted molar refractivity (Wildman–Crippen MR) is 112 cm³/mol. The van der Waals surface area contributed by atoms with Gasteiger partial charge in [0.1, 0.15) is 11.6 Å². The molecule has 2 rings (SSSR count). The number of piperazine rings is 1. The molecule has 1 fully saturated rings. The molecule has 0 aromatic heterocycles. The monoisotopic (exact) mass is 433 g/mol. The van der Waals surface area contributed by atoms with Crippen molar-refractivity contribution in [2.75, 3.05) is 26.2 Å². The molecule has 1 aromatic rings. The van der Waals surface area contributed by atoms with Crippen LogP contribution >= 0.6 is 0 Å². The van der Waals surface area contributed by atoms with E-state index in [9.17, 15) is 24.5 Å². The highest BCUT2D eigenvalue weighted by atomic mass is 16.6. The minimum atomic E-state index is -0.963. The topological polar surface area (TPSA) is 119 Å². The van der Waals surface area contributed by atoms with Crippen LogP contribution in [0.3, 0.4) is 0 Å². The normalized spacial score (nSPS) is 16.8. The van der Waals surface area contributed by atoms with Gasteiger partial charge in [0, 0.05) is 31.3 Å². The largest absolute Gasteiger partial charge is 0.464 e. The van der Waals surface area contributed by atoms with E-state index in [2.05, 4.69) is 0 Å². The van der Waals surface area contributed by atoms with Crippen molar-refractivity contribution in [1.29, 1.82) is 0 Å². The van der Waals surface area contributed by atoms with E-state index in [1.165, 1.54) is 46.2 Å². The maximum Gasteiger partial charge on any atom is 0.410 e. The number of non-ortho nitro benzene ring substituents is 1. The van der Waals surface area contributed by atoms with E-state index in [-0.39, 0.29) is 31.9 Å². The van der Waals surface area contributed by atoms with Gasteiger partial charge in [0.25, 0.3) is 5.69 Å². The average Bonchev–Trinajstić information content (AvgIpc) is 2.70. The minimum Gasteiger partial charge on any atom is -0.464 e. The highest BCUT2D eigenvalue weighted by molar-refractivity contribution is 5.95. The van der Waals surface area contributed by atoms with E-state index >= 15 is 0 Å². The number of nitro benzene ring substituents is 1. The molecular formula is C21H27N3O7. The van der Waals surface area contributed by atoms with Crippen LogP contribution in [0.2, 0.25) is 0 Å². The van der Waals surface area contributed by atoms with Crippen LogP contribution in [0.25, 0.3) is 6.08 Å². The van der Waals surface area contributed by atoms with E-state index in [1.54, 1.807) is 27.7 Å². The number of nitro groups is 1. The number of amides is 2. The van der Waals surface area contributed by atoms with Gasteiger partial charge in [0.05, 0.1) is 18.1 Å². The van der Waals surface area contributed by atoms with Crippen LogP contribution in [0.4, 0.5) is 10.5 Å². The first-order valence-electron chi connectivity index (χ1n) is 9.89. The van der Waals surface area contributed by atoms with Crippen LogP contribution in [-0.4, -0.2) is 70.6 Å². The second-order valence-corrected chi connectivity index (χ2v) is 7.91. The molecule has 1 aliphatic rings. The molecule has 1 aromatic carbocycles. The highest BCUT2D eigenvalue weighted by Crippen LogP contribution is 2.18. The van der Waals surface area contributed by atoms with Crippen LogP contribution in [0.1, 0.15) is 33.3 Å². The molecule has 1 atom stereocenters. The first-order chi connectivity index (χ1) is 14.5. The summed E-state index contributed by atoms with van der Waals surface area (Å²) in [4.78, 5) is 50.6. The Morgan fingerprint density at radius 1 is 1.19 bits per heavy atom. The van der Waals surface area contributed by atoms with Crippen LogP contribution in [0.15, 0.2) is 30.3 Å². The molecule has 10 nitrogen and oxygen atoms in total. The molecular weight excluding hydrogens is 406 g/mol. The zero-order valence-electron chi connectivity index (χ0n) is 18.1. The molecule has 0 saturated carbocycles. The quantitative estimate of drug-likeness (QED) is 0.303. The van der Waals surface area contributed by atoms with Gasteiger partial charge in [-0.1, -0.05) is 0 Å². The van der Waals surface area contributed by atoms with Crippen molar-refractivity contribution in [3.05, 3.63) is 46.0 Å². The summed E-state index contributed by atoms with van der Waals surface area (Å²) in [6.07, 6.45) is 2.24. The van der Waals surface area contributed by atoms with Crippen molar-refractivity contribution in [2.45, 2.75) is 39.3 Å². The van der Waals surface area contributed by atoms with Gasteiger partial charge in [0.15, 0.2) is 0 Å². The zero-order valence-corrected chi connectivity index (χ0v) is 18.1. The van der Waals surface area contributed by atoms with Gasteiger partial charge in [-0.05, 0) is 51.5 Å². The molecule has 0 unspecified atom stereocenters. The number of hydrogen-bond donors (Lipinski definition) is 0.